The molecule has 0 aliphatic rings. The van der Waals surface area contributed by atoms with Crippen molar-refractivity contribution in [2.24, 2.45) is 0 Å². The quantitative estimate of drug-likeness (QED) is 0.161. The molecule has 58 heavy (non-hydrogen) atoms. The summed E-state index contributed by atoms with van der Waals surface area (Å²) >= 11 is 0. The molecule has 11 rings (SSSR count). The van der Waals surface area contributed by atoms with Crippen LogP contribution in [0.2, 0.25) is 0 Å². The molecule has 1 aromatic heterocycles. The number of hydrogen-bond donors (Lipinski definition) is 0. The van der Waals surface area contributed by atoms with Gasteiger partial charge in [-0.2, -0.15) is 0 Å². The molecule has 0 aliphatic heterocycles. The van der Waals surface area contributed by atoms with Crippen molar-refractivity contribution in [2.45, 2.75) is 0 Å². The van der Waals surface area contributed by atoms with Crippen molar-refractivity contribution in [1.82, 2.24) is 0 Å². The van der Waals surface area contributed by atoms with E-state index in [1.807, 2.05) is 146 Å². The molecule has 0 bridgehead atoms. The average molecular weight is 748 g/mol. The molecular formula is C56H37NO. The first-order valence-electron chi connectivity index (χ1n) is 23.2. The summed E-state index contributed by atoms with van der Waals surface area (Å²) in [5.41, 5.74) is 5.66. The summed E-state index contributed by atoms with van der Waals surface area (Å²) in [7, 11) is 0. The lowest BCUT2D eigenvalue weighted by atomic mass is 9.94. The van der Waals surface area contributed by atoms with Gasteiger partial charge in [-0.25, -0.2) is 0 Å². The maximum atomic E-state index is 9.79. The van der Waals surface area contributed by atoms with E-state index in [-0.39, 0.29) is 46.7 Å². The number of para-hydroxylation sites is 2. The molecule has 0 N–H and O–H groups in total. The molecule has 11 aromatic rings. The van der Waals surface area contributed by atoms with Crippen LogP contribution in [0.3, 0.4) is 0 Å². The number of nitrogens with zero attached hydrogens (tertiary/aromatic N) is 1. The molecule has 1 heterocycles. The van der Waals surface area contributed by atoms with Gasteiger partial charge in [0.1, 0.15) is 11.2 Å². The topological polar surface area (TPSA) is 16.4 Å². The van der Waals surface area contributed by atoms with E-state index in [0.717, 1.165) is 49.0 Å². The standard InChI is InChI=1S/C56H37NO/c1-2-12-38(13-3-1)39-24-26-40(27-25-39)41-28-33-45(34-29-41)57(46-35-30-43(31-36-46)48-20-10-15-42-14-4-5-17-47(42)48)53-22-8-6-18-49(53)51-21-11-16-44-32-37-52-50-19-7-9-23-54(50)58-56(52)55(44)51/h1-37H/i28D,29D,30D,31D,33D,34D,35D,36D. The van der Waals surface area contributed by atoms with Crippen molar-refractivity contribution >= 4 is 60.5 Å². The van der Waals surface area contributed by atoms with Gasteiger partial charge in [-0.05, 0) is 97.5 Å². The molecular weight excluding hydrogens is 703 g/mol. The third-order valence-electron chi connectivity index (χ3n) is 10.8. The Labute approximate surface area is 348 Å². The molecule has 0 saturated carbocycles. The lowest BCUT2D eigenvalue weighted by Gasteiger charge is -2.28. The van der Waals surface area contributed by atoms with Crippen LogP contribution in [0.1, 0.15) is 11.0 Å². The van der Waals surface area contributed by atoms with Crippen molar-refractivity contribution in [2.75, 3.05) is 4.90 Å². The maximum Gasteiger partial charge on any atom is 0.143 e. The van der Waals surface area contributed by atoms with Crippen LogP contribution >= 0.6 is 0 Å². The zero-order valence-corrected chi connectivity index (χ0v) is 31.1. The van der Waals surface area contributed by atoms with Gasteiger partial charge in [0.2, 0.25) is 0 Å². The van der Waals surface area contributed by atoms with Crippen LogP contribution < -0.4 is 4.90 Å². The summed E-state index contributed by atoms with van der Waals surface area (Å²) in [6.07, 6.45) is 0. The van der Waals surface area contributed by atoms with E-state index in [0.29, 0.717) is 33.5 Å². The summed E-state index contributed by atoms with van der Waals surface area (Å²) in [5.74, 6) is 0. The van der Waals surface area contributed by atoms with Crippen molar-refractivity contribution in [3.63, 3.8) is 0 Å². The molecule has 0 spiro atoms. The second kappa shape index (κ2) is 14.1. The average Bonchev–Trinajstić information content (AvgIpc) is 3.74. The summed E-state index contributed by atoms with van der Waals surface area (Å²) in [6.45, 7) is 0. The number of anilines is 3. The zero-order valence-electron chi connectivity index (χ0n) is 39.1. The molecule has 0 amide bonds. The number of hydrogen-bond acceptors (Lipinski definition) is 2. The fourth-order valence-electron chi connectivity index (χ4n) is 8.04. The van der Waals surface area contributed by atoms with Crippen LogP contribution in [-0.2, 0) is 0 Å². The number of benzene rings is 10. The monoisotopic (exact) mass is 747 g/mol. The van der Waals surface area contributed by atoms with Gasteiger partial charge in [-0.15, -0.1) is 0 Å². The van der Waals surface area contributed by atoms with Gasteiger partial charge in [0, 0.05) is 33.1 Å². The van der Waals surface area contributed by atoms with Crippen molar-refractivity contribution in [3.8, 4) is 44.5 Å². The fraction of sp³-hybridized carbons (Fsp3) is 0. The third-order valence-corrected chi connectivity index (χ3v) is 10.8. The predicted octanol–water partition coefficient (Wildman–Crippen LogP) is 16.0. The Kier molecular flexibility index (Phi) is 6.38. The molecule has 2 heteroatoms. The van der Waals surface area contributed by atoms with Gasteiger partial charge in [-0.1, -0.05) is 182 Å². The zero-order chi connectivity index (χ0) is 45.4. The smallest absolute Gasteiger partial charge is 0.143 e. The second-order valence-corrected chi connectivity index (χ2v) is 14.2. The normalized spacial score (nSPS) is 13.4. The summed E-state index contributed by atoms with van der Waals surface area (Å²) < 4.78 is 83.9. The van der Waals surface area contributed by atoms with Crippen molar-refractivity contribution in [1.29, 1.82) is 0 Å². The van der Waals surface area contributed by atoms with E-state index >= 15 is 0 Å². The second-order valence-electron chi connectivity index (χ2n) is 14.2. The molecule has 0 saturated heterocycles. The Morgan fingerprint density at radius 3 is 1.67 bits per heavy atom. The predicted molar refractivity (Wildman–Crippen MR) is 245 cm³/mol. The highest BCUT2D eigenvalue weighted by molar-refractivity contribution is 6.19. The molecule has 2 nitrogen and oxygen atoms in total. The summed E-state index contributed by atoms with van der Waals surface area (Å²) in [5, 5.41) is 5.17. The maximum absolute atomic E-state index is 9.79. The molecule has 10 aromatic carbocycles. The van der Waals surface area contributed by atoms with Crippen LogP contribution in [0.15, 0.2) is 229 Å². The number of fused-ring (bicyclic) bond motifs is 6. The SMILES string of the molecule is [2H]c1c([2H])c(N(c2ccccc2-c2cccc3ccc4c5ccccc5oc4c23)c2c([2H])c([2H])c(-c3cccc4ccccc34)c([2H])c2[2H])c([2H])c([2H])c1-c1ccc(-c2ccccc2)cc1. The van der Waals surface area contributed by atoms with Crippen LogP contribution in [-0.4, -0.2) is 0 Å². The summed E-state index contributed by atoms with van der Waals surface area (Å²) in [6, 6.07) is 52.4. The van der Waals surface area contributed by atoms with E-state index in [9.17, 15) is 11.0 Å². The van der Waals surface area contributed by atoms with Crippen LogP contribution in [0.4, 0.5) is 17.1 Å². The highest BCUT2D eigenvalue weighted by Crippen LogP contribution is 2.46. The first-order chi connectivity index (χ1) is 32.1. The van der Waals surface area contributed by atoms with Crippen LogP contribution in [0, 0.1) is 0 Å². The van der Waals surface area contributed by atoms with E-state index in [4.69, 9.17) is 4.42 Å². The minimum atomic E-state index is -0.416. The van der Waals surface area contributed by atoms with Gasteiger partial charge in [0.05, 0.1) is 16.7 Å². The van der Waals surface area contributed by atoms with Gasteiger partial charge in [0.15, 0.2) is 0 Å². The van der Waals surface area contributed by atoms with Crippen LogP contribution in [0.25, 0.3) is 88.0 Å². The molecule has 0 unspecified atom stereocenters. The van der Waals surface area contributed by atoms with E-state index in [1.54, 1.807) is 30.3 Å². The Bertz CT molecular complexity index is 3690. The van der Waals surface area contributed by atoms with E-state index in [2.05, 4.69) is 0 Å². The molecule has 272 valence electrons. The highest BCUT2D eigenvalue weighted by Gasteiger charge is 2.21. The lowest BCUT2D eigenvalue weighted by molar-refractivity contribution is 0.673. The van der Waals surface area contributed by atoms with Crippen LogP contribution in [0.5, 0.6) is 0 Å². The Hall–Kier alpha value is -7.68. The van der Waals surface area contributed by atoms with Gasteiger partial charge < -0.3 is 9.32 Å². The number of rotatable bonds is 7. The van der Waals surface area contributed by atoms with Crippen molar-refractivity contribution < 1.29 is 15.4 Å². The van der Waals surface area contributed by atoms with E-state index < -0.39 is 24.2 Å². The first-order valence-corrected chi connectivity index (χ1v) is 19.2. The largest absolute Gasteiger partial charge is 0.455 e. The Balaban J connectivity index is 1.19. The molecule has 0 fully saturated rings. The lowest BCUT2D eigenvalue weighted by Crippen LogP contribution is -2.11. The highest BCUT2D eigenvalue weighted by atomic mass is 16.3. The minimum absolute atomic E-state index is 0.0915. The van der Waals surface area contributed by atoms with Crippen molar-refractivity contribution in [3.05, 3.63) is 224 Å². The molecule has 0 atom stereocenters. The number of furan rings is 1. The van der Waals surface area contributed by atoms with Gasteiger partial charge in [0.25, 0.3) is 0 Å². The first kappa shape index (κ1) is 26.2. The third kappa shape index (κ3) is 5.82. The Morgan fingerprint density at radius 2 is 0.897 bits per heavy atom. The van der Waals surface area contributed by atoms with Gasteiger partial charge in [-0.3, -0.25) is 0 Å². The molecule has 0 aliphatic carbocycles. The summed E-state index contributed by atoms with van der Waals surface area (Å²) in [4.78, 5) is 1.39. The Morgan fingerprint density at radius 1 is 0.345 bits per heavy atom. The molecule has 0 radical (unpaired) electrons. The van der Waals surface area contributed by atoms with E-state index in [1.165, 1.54) is 4.90 Å². The fourth-order valence-corrected chi connectivity index (χ4v) is 8.04. The minimum Gasteiger partial charge on any atom is -0.455 e. The van der Waals surface area contributed by atoms with Gasteiger partial charge >= 0.3 is 0 Å².